The molecule has 2 aromatic rings. The zero-order valence-electron chi connectivity index (χ0n) is 15.5. The van der Waals surface area contributed by atoms with Crippen LogP contribution in [0, 0.1) is 6.92 Å². The third-order valence-electron chi connectivity index (χ3n) is 4.86. The smallest absolute Gasteiger partial charge is 0.289 e. The fourth-order valence-electron chi connectivity index (χ4n) is 3.53. The lowest BCUT2D eigenvalue weighted by molar-refractivity contribution is -0.129. The summed E-state index contributed by atoms with van der Waals surface area (Å²) in [4.78, 5) is 18.5. The van der Waals surface area contributed by atoms with Crippen LogP contribution in [-0.2, 0) is 11.3 Å². The lowest BCUT2D eigenvalue weighted by Gasteiger charge is -2.25. The molecule has 26 heavy (non-hydrogen) atoms. The molecule has 0 spiro atoms. The predicted octanol–water partition coefficient (Wildman–Crippen LogP) is 4.15. The van der Waals surface area contributed by atoms with E-state index in [9.17, 15) is 9.90 Å². The molecule has 0 saturated carbocycles. The van der Waals surface area contributed by atoms with Gasteiger partial charge in [-0.05, 0) is 38.3 Å². The number of carbonyl (C=O) groups is 1. The monoisotopic (exact) mass is 357 g/mol. The van der Waals surface area contributed by atoms with Gasteiger partial charge in [0.2, 0.25) is 0 Å². The number of hydrogen-bond donors (Lipinski definition) is 1. The average Bonchev–Trinajstić information content (AvgIpc) is 3.33. The third-order valence-corrected chi connectivity index (χ3v) is 4.86. The Hall–Kier alpha value is -2.50. The van der Waals surface area contributed by atoms with Gasteiger partial charge in [-0.25, -0.2) is 4.98 Å². The molecule has 0 radical (unpaired) electrons. The number of unbranched alkanes of at least 4 members (excludes halogenated alkanes) is 2. The van der Waals surface area contributed by atoms with Gasteiger partial charge in [-0.15, -0.1) is 0 Å². The molecular formula is C20H27N3O3. The molecule has 0 aliphatic carbocycles. The molecule has 3 heterocycles. The Morgan fingerprint density at radius 2 is 2.08 bits per heavy atom. The highest BCUT2D eigenvalue weighted by Gasteiger charge is 2.41. The van der Waals surface area contributed by atoms with Crippen molar-refractivity contribution >= 4 is 5.91 Å². The van der Waals surface area contributed by atoms with Crippen molar-refractivity contribution in [2.45, 2.75) is 58.5 Å². The summed E-state index contributed by atoms with van der Waals surface area (Å²) in [5.74, 6) is 1.16. The SMILES string of the molecule is CCCCCC1=C(O)C(=O)N(CCCn2ccnc2)C1c1ccc(C)o1. The van der Waals surface area contributed by atoms with E-state index in [2.05, 4.69) is 11.9 Å². The Labute approximate surface area is 154 Å². The van der Waals surface area contributed by atoms with Crippen LogP contribution in [0.5, 0.6) is 0 Å². The van der Waals surface area contributed by atoms with E-state index in [0.29, 0.717) is 13.0 Å². The van der Waals surface area contributed by atoms with E-state index in [1.165, 1.54) is 0 Å². The number of hydrogen-bond acceptors (Lipinski definition) is 4. The number of imidazole rings is 1. The van der Waals surface area contributed by atoms with Crippen LogP contribution in [0.2, 0.25) is 0 Å². The summed E-state index contributed by atoms with van der Waals surface area (Å²) < 4.78 is 7.82. The molecule has 1 unspecified atom stereocenters. The molecule has 1 atom stereocenters. The number of aryl methyl sites for hydroxylation is 2. The highest BCUT2D eigenvalue weighted by atomic mass is 16.3. The normalized spacial score (nSPS) is 17.5. The summed E-state index contributed by atoms with van der Waals surface area (Å²) in [5.41, 5.74) is 0.792. The third kappa shape index (κ3) is 3.84. The number of nitrogens with zero attached hydrogens (tertiary/aromatic N) is 3. The van der Waals surface area contributed by atoms with Gasteiger partial charge in [-0.2, -0.15) is 0 Å². The Morgan fingerprint density at radius 3 is 2.73 bits per heavy atom. The first-order valence-electron chi connectivity index (χ1n) is 9.37. The molecule has 0 aromatic carbocycles. The van der Waals surface area contributed by atoms with Crippen LogP contribution < -0.4 is 0 Å². The maximum atomic E-state index is 12.7. The molecule has 6 heteroatoms. The number of aliphatic hydroxyl groups is 1. The molecule has 1 N–H and O–H groups in total. The van der Waals surface area contributed by atoms with E-state index in [1.54, 1.807) is 17.4 Å². The average molecular weight is 357 g/mol. The first-order valence-corrected chi connectivity index (χ1v) is 9.37. The summed E-state index contributed by atoms with van der Waals surface area (Å²) in [6.07, 6.45) is 10.1. The number of furan rings is 1. The molecular weight excluding hydrogens is 330 g/mol. The Bertz CT molecular complexity index is 761. The lowest BCUT2D eigenvalue weighted by atomic mass is 9.99. The van der Waals surface area contributed by atoms with E-state index < -0.39 is 0 Å². The van der Waals surface area contributed by atoms with E-state index in [0.717, 1.165) is 49.3 Å². The summed E-state index contributed by atoms with van der Waals surface area (Å²) in [6, 6.07) is 3.52. The summed E-state index contributed by atoms with van der Waals surface area (Å²) in [5, 5.41) is 10.5. The molecule has 3 rings (SSSR count). The minimum atomic E-state index is -0.296. The van der Waals surface area contributed by atoms with E-state index in [4.69, 9.17) is 4.42 Å². The lowest BCUT2D eigenvalue weighted by Crippen LogP contribution is -2.31. The second kappa shape index (κ2) is 8.25. The highest BCUT2D eigenvalue weighted by Crippen LogP contribution is 2.40. The van der Waals surface area contributed by atoms with Crippen molar-refractivity contribution in [3.05, 3.63) is 53.7 Å². The van der Waals surface area contributed by atoms with Crippen LogP contribution in [0.4, 0.5) is 0 Å². The van der Waals surface area contributed by atoms with Gasteiger partial charge >= 0.3 is 0 Å². The summed E-state index contributed by atoms with van der Waals surface area (Å²) in [7, 11) is 0. The summed E-state index contributed by atoms with van der Waals surface area (Å²) >= 11 is 0. The van der Waals surface area contributed by atoms with Gasteiger partial charge in [-0.3, -0.25) is 4.79 Å². The van der Waals surface area contributed by atoms with Crippen LogP contribution in [0.1, 0.15) is 56.6 Å². The van der Waals surface area contributed by atoms with Crippen molar-refractivity contribution in [2.75, 3.05) is 6.54 Å². The van der Waals surface area contributed by atoms with Gasteiger partial charge < -0.3 is 19.0 Å². The van der Waals surface area contributed by atoms with Crippen molar-refractivity contribution in [3.8, 4) is 0 Å². The number of aliphatic hydroxyl groups excluding tert-OH is 1. The molecule has 6 nitrogen and oxygen atoms in total. The second-order valence-electron chi connectivity index (χ2n) is 6.83. The Morgan fingerprint density at radius 1 is 1.23 bits per heavy atom. The van der Waals surface area contributed by atoms with E-state index in [1.807, 2.05) is 29.8 Å². The van der Waals surface area contributed by atoms with Crippen molar-refractivity contribution < 1.29 is 14.3 Å². The van der Waals surface area contributed by atoms with E-state index in [-0.39, 0.29) is 17.7 Å². The van der Waals surface area contributed by atoms with Crippen LogP contribution in [0.15, 0.2) is 46.6 Å². The highest BCUT2D eigenvalue weighted by molar-refractivity contribution is 5.95. The Kier molecular flexibility index (Phi) is 5.81. The molecule has 0 fully saturated rings. The molecule has 1 aliphatic heterocycles. The van der Waals surface area contributed by atoms with Gasteiger partial charge in [0, 0.05) is 31.1 Å². The number of carbonyl (C=O) groups excluding carboxylic acids is 1. The number of rotatable bonds is 9. The van der Waals surface area contributed by atoms with Gasteiger partial charge in [0.15, 0.2) is 5.76 Å². The van der Waals surface area contributed by atoms with Crippen molar-refractivity contribution in [3.63, 3.8) is 0 Å². The quantitative estimate of drug-likeness (QED) is 0.684. The largest absolute Gasteiger partial charge is 0.503 e. The van der Waals surface area contributed by atoms with Crippen LogP contribution in [-0.4, -0.2) is 32.0 Å². The number of amides is 1. The van der Waals surface area contributed by atoms with Gasteiger partial charge in [-0.1, -0.05) is 19.8 Å². The topological polar surface area (TPSA) is 71.5 Å². The van der Waals surface area contributed by atoms with Crippen LogP contribution in [0.3, 0.4) is 0 Å². The van der Waals surface area contributed by atoms with E-state index >= 15 is 0 Å². The van der Waals surface area contributed by atoms with Crippen LogP contribution in [0.25, 0.3) is 0 Å². The van der Waals surface area contributed by atoms with Crippen molar-refractivity contribution in [1.82, 2.24) is 14.5 Å². The Balaban J connectivity index is 1.76. The minimum absolute atomic E-state index is 0.0946. The molecule has 1 amide bonds. The maximum Gasteiger partial charge on any atom is 0.289 e. The van der Waals surface area contributed by atoms with Gasteiger partial charge in [0.05, 0.1) is 6.33 Å². The zero-order valence-corrected chi connectivity index (χ0v) is 15.5. The standard InChI is InChI=1S/C20H27N3O3/c1-3-4-5-7-16-18(17-9-8-15(2)26-17)23(20(25)19(16)24)12-6-11-22-13-10-21-14-22/h8-10,13-14,18,24H,3-7,11-12H2,1-2H3. The second-order valence-corrected chi connectivity index (χ2v) is 6.83. The molecule has 2 aromatic heterocycles. The first kappa shape index (κ1) is 18.3. The molecule has 0 bridgehead atoms. The molecule has 1 aliphatic rings. The van der Waals surface area contributed by atoms with Gasteiger partial charge in [0.1, 0.15) is 17.6 Å². The fourth-order valence-corrected chi connectivity index (χ4v) is 3.53. The predicted molar refractivity (Wildman–Crippen MR) is 98.5 cm³/mol. The zero-order chi connectivity index (χ0) is 18.5. The minimum Gasteiger partial charge on any atom is -0.503 e. The fraction of sp³-hybridized carbons (Fsp3) is 0.500. The summed E-state index contributed by atoms with van der Waals surface area (Å²) in [6.45, 7) is 5.37. The van der Waals surface area contributed by atoms with Crippen molar-refractivity contribution in [1.29, 1.82) is 0 Å². The molecule has 0 saturated heterocycles. The molecule has 140 valence electrons. The number of aromatic nitrogens is 2. The first-order chi connectivity index (χ1) is 12.6. The van der Waals surface area contributed by atoms with Crippen molar-refractivity contribution in [2.24, 2.45) is 0 Å². The maximum absolute atomic E-state index is 12.7. The van der Waals surface area contributed by atoms with Crippen LogP contribution >= 0.6 is 0 Å². The van der Waals surface area contributed by atoms with Gasteiger partial charge in [0.25, 0.3) is 5.91 Å².